The quantitative estimate of drug-likeness (QED) is 0.405. The first-order chi connectivity index (χ1) is 15.9. The Morgan fingerprint density at radius 1 is 1.12 bits per heavy atom. The molecule has 0 saturated heterocycles. The summed E-state index contributed by atoms with van der Waals surface area (Å²) < 4.78 is 82.0. The topological polar surface area (TPSA) is 79.3 Å². The Kier molecular flexibility index (Phi) is 7.95. The van der Waals surface area contributed by atoms with Crippen LogP contribution >= 0.6 is 22.6 Å². The van der Waals surface area contributed by atoms with Gasteiger partial charge >= 0.3 is 0 Å². The summed E-state index contributed by atoms with van der Waals surface area (Å²) in [4.78, 5) is 1.05. The van der Waals surface area contributed by atoms with Gasteiger partial charge in [-0.3, -0.25) is 4.31 Å². The van der Waals surface area contributed by atoms with Crippen LogP contribution in [0.5, 0.6) is 5.75 Å². The second kappa shape index (κ2) is 10.1. The Morgan fingerprint density at radius 2 is 1.76 bits per heavy atom. The monoisotopic (exact) mass is 614 g/mol. The summed E-state index contributed by atoms with van der Waals surface area (Å²) in [5.41, 5.74) is -0.874. The van der Waals surface area contributed by atoms with Gasteiger partial charge in [-0.2, -0.15) is 0 Å². The minimum absolute atomic E-state index is 0.0461. The molecule has 1 saturated carbocycles. The number of benzene rings is 2. The average molecular weight is 614 g/mol. The fourth-order valence-corrected chi connectivity index (χ4v) is 6.49. The Balaban J connectivity index is 2.17. The summed E-state index contributed by atoms with van der Waals surface area (Å²) in [5.74, 6) is -3.58. The standard InChI is InChI=1S/C22H26F3IN2O5S/c1-27(17-6-5-13(26)9-15(17)23)21-19(25)16(24)10-18(33-4)20(21)28(2)34(30,31)22(7-8-22)11-14(29)12-32-3/h5-6,9-10,14,29H,7-8,11-12H2,1-4H3/t14-/m1/s1. The van der Waals surface area contributed by atoms with E-state index in [1.165, 1.54) is 40.4 Å². The third-order valence-corrected chi connectivity index (χ3v) is 9.20. The maximum Gasteiger partial charge on any atom is 0.240 e. The van der Waals surface area contributed by atoms with Crippen LogP contribution in [0, 0.1) is 21.0 Å². The van der Waals surface area contributed by atoms with Crippen LogP contribution in [0.25, 0.3) is 0 Å². The molecule has 2 aromatic carbocycles. The van der Waals surface area contributed by atoms with Crippen LogP contribution in [0.3, 0.4) is 0 Å². The molecule has 0 radical (unpaired) electrons. The molecule has 34 heavy (non-hydrogen) atoms. The van der Waals surface area contributed by atoms with E-state index in [9.17, 15) is 22.3 Å². The molecule has 0 spiro atoms. The second-order valence-corrected chi connectivity index (χ2v) is 11.8. The number of nitrogens with zero attached hydrogens (tertiary/aromatic N) is 2. The maximum absolute atomic E-state index is 15.2. The fourth-order valence-electron chi connectivity index (χ4n) is 4.02. The molecular formula is C22H26F3IN2O5S. The number of sulfonamides is 1. The number of aliphatic hydroxyl groups excluding tert-OH is 1. The van der Waals surface area contributed by atoms with Crippen LogP contribution in [-0.2, 0) is 14.8 Å². The number of halogens is 4. The van der Waals surface area contributed by atoms with Gasteiger partial charge in [-0.15, -0.1) is 0 Å². The molecule has 7 nitrogen and oxygen atoms in total. The van der Waals surface area contributed by atoms with E-state index in [2.05, 4.69) is 0 Å². The first-order valence-electron chi connectivity index (χ1n) is 10.3. The average Bonchev–Trinajstić information content (AvgIpc) is 3.55. The molecule has 2 aromatic rings. The Labute approximate surface area is 210 Å². The molecule has 3 rings (SSSR count). The predicted octanol–water partition coefficient (Wildman–Crippen LogP) is 4.18. The van der Waals surface area contributed by atoms with Crippen molar-refractivity contribution in [2.45, 2.75) is 30.1 Å². The van der Waals surface area contributed by atoms with Gasteiger partial charge in [0.1, 0.15) is 22.9 Å². The number of aliphatic hydroxyl groups is 1. The van der Waals surface area contributed by atoms with Crippen LogP contribution in [0.2, 0.25) is 0 Å². The summed E-state index contributed by atoms with van der Waals surface area (Å²) in [5, 5.41) is 10.2. The molecule has 0 amide bonds. The smallest absolute Gasteiger partial charge is 0.240 e. The first-order valence-corrected chi connectivity index (χ1v) is 12.8. The van der Waals surface area contributed by atoms with Crippen molar-refractivity contribution < 1.29 is 36.2 Å². The number of anilines is 3. The van der Waals surface area contributed by atoms with Gasteiger partial charge in [-0.25, -0.2) is 21.6 Å². The van der Waals surface area contributed by atoms with Gasteiger partial charge in [0.05, 0.1) is 30.3 Å². The highest BCUT2D eigenvalue weighted by Crippen LogP contribution is 2.52. The summed E-state index contributed by atoms with van der Waals surface area (Å²) in [6.45, 7) is -0.0461. The van der Waals surface area contributed by atoms with Gasteiger partial charge in [0.25, 0.3) is 0 Å². The van der Waals surface area contributed by atoms with Crippen molar-refractivity contribution in [3.63, 3.8) is 0 Å². The third kappa shape index (κ3) is 4.82. The van der Waals surface area contributed by atoms with Crippen LogP contribution < -0.4 is 13.9 Å². The summed E-state index contributed by atoms with van der Waals surface area (Å²) in [6, 6.07) is 4.94. The Hall–Kier alpha value is -1.77. The molecule has 0 aromatic heterocycles. The van der Waals surface area contributed by atoms with Crippen LogP contribution in [0.4, 0.5) is 30.2 Å². The molecule has 1 fully saturated rings. The van der Waals surface area contributed by atoms with E-state index < -0.39 is 44.0 Å². The van der Waals surface area contributed by atoms with Crippen molar-refractivity contribution in [2.75, 3.05) is 44.1 Å². The zero-order chi connectivity index (χ0) is 25.4. The zero-order valence-corrected chi connectivity index (χ0v) is 22.1. The lowest BCUT2D eigenvalue weighted by Gasteiger charge is -2.32. The molecule has 1 aliphatic rings. The molecular weight excluding hydrogens is 588 g/mol. The largest absolute Gasteiger partial charge is 0.494 e. The number of ether oxygens (including phenoxy) is 2. The number of rotatable bonds is 10. The molecule has 1 aliphatic carbocycles. The van der Waals surface area contributed by atoms with Crippen LogP contribution in [0.1, 0.15) is 19.3 Å². The summed E-state index contributed by atoms with van der Waals surface area (Å²) in [7, 11) is 0.912. The van der Waals surface area contributed by atoms with E-state index in [4.69, 9.17) is 9.47 Å². The molecule has 0 bridgehead atoms. The normalized spacial score (nSPS) is 15.7. The Morgan fingerprint density at radius 3 is 2.29 bits per heavy atom. The van der Waals surface area contributed by atoms with Gasteiger partial charge < -0.3 is 19.5 Å². The fraction of sp³-hybridized carbons (Fsp3) is 0.455. The zero-order valence-electron chi connectivity index (χ0n) is 19.1. The van der Waals surface area contributed by atoms with Crippen LogP contribution in [0.15, 0.2) is 24.3 Å². The lowest BCUT2D eigenvalue weighted by atomic mass is 10.1. The summed E-state index contributed by atoms with van der Waals surface area (Å²) in [6.07, 6.45) is -0.547. The lowest BCUT2D eigenvalue weighted by molar-refractivity contribution is 0.0573. The van der Waals surface area contributed by atoms with Gasteiger partial charge in [0.15, 0.2) is 11.6 Å². The van der Waals surface area contributed by atoms with Crippen molar-refractivity contribution in [1.29, 1.82) is 0 Å². The summed E-state index contributed by atoms with van der Waals surface area (Å²) >= 11 is 1.91. The van der Waals surface area contributed by atoms with E-state index >= 15 is 4.39 Å². The molecule has 1 N–H and O–H groups in total. The van der Waals surface area contributed by atoms with Gasteiger partial charge in [0, 0.05) is 30.8 Å². The van der Waals surface area contributed by atoms with Crippen LogP contribution in [-0.4, -0.2) is 59.3 Å². The number of hydrogen-bond acceptors (Lipinski definition) is 6. The van der Waals surface area contributed by atoms with Gasteiger partial charge in [-0.1, -0.05) is 0 Å². The SMILES string of the molecule is COC[C@H](O)CC1(S(=O)(=O)N(C)c2c(OC)cc(F)c(F)c2N(C)c2ccc(I)cc2F)CC1. The second-order valence-electron chi connectivity index (χ2n) is 8.20. The van der Waals surface area contributed by atoms with Crippen molar-refractivity contribution in [3.8, 4) is 5.75 Å². The highest BCUT2D eigenvalue weighted by atomic mass is 127. The van der Waals surface area contributed by atoms with E-state index in [1.54, 1.807) is 6.07 Å². The van der Waals surface area contributed by atoms with E-state index in [0.29, 0.717) is 3.57 Å². The highest BCUT2D eigenvalue weighted by Gasteiger charge is 2.57. The molecule has 188 valence electrons. The first kappa shape index (κ1) is 26.8. The van der Waals surface area contributed by atoms with Crippen molar-refractivity contribution in [3.05, 3.63) is 45.3 Å². The molecule has 1 atom stereocenters. The van der Waals surface area contributed by atoms with E-state index in [-0.39, 0.29) is 43.0 Å². The molecule has 0 aliphatic heterocycles. The lowest BCUT2D eigenvalue weighted by Crippen LogP contribution is -2.41. The molecule has 12 heteroatoms. The van der Waals surface area contributed by atoms with Gasteiger partial charge in [0.2, 0.25) is 10.0 Å². The highest BCUT2D eigenvalue weighted by molar-refractivity contribution is 14.1. The maximum atomic E-state index is 15.2. The minimum atomic E-state index is -4.18. The van der Waals surface area contributed by atoms with Crippen molar-refractivity contribution >= 4 is 49.7 Å². The molecule has 0 unspecified atom stereocenters. The third-order valence-electron chi connectivity index (χ3n) is 5.96. The number of hydrogen-bond donors (Lipinski definition) is 1. The predicted molar refractivity (Wildman–Crippen MR) is 132 cm³/mol. The van der Waals surface area contributed by atoms with Crippen molar-refractivity contribution in [1.82, 2.24) is 0 Å². The van der Waals surface area contributed by atoms with Gasteiger partial charge in [-0.05, 0) is 60.1 Å². The van der Waals surface area contributed by atoms with E-state index in [0.717, 1.165) is 15.3 Å². The molecule has 0 heterocycles. The number of methoxy groups -OCH3 is 2. The Bertz CT molecular complexity index is 1180. The minimum Gasteiger partial charge on any atom is -0.494 e. The van der Waals surface area contributed by atoms with E-state index in [1.807, 2.05) is 22.6 Å². The van der Waals surface area contributed by atoms with Crippen molar-refractivity contribution in [2.24, 2.45) is 0 Å².